The van der Waals surface area contributed by atoms with Crippen LogP contribution in [0.3, 0.4) is 0 Å². The molecule has 0 bridgehead atoms. The van der Waals surface area contributed by atoms with Crippen molar-refractivity contribution >= 4 is 5.91 Å². The van der Waals surface area contributed by atoms with Gasteiger partial charge in [-0.15, -0.1) is 0 Å². The largest absolute Gasteiger partial charge is 0.342 e. The fourth-order valence-electron chi connectivity index (χ4n) is 3.68. The van der Waals surface area contributed by atoms with Crippen molar-refractivity contribution in [1.29, 1.82) is 0 Å². The van der Waals surface area contributed by atoms with E-state index in [9.17, 15) is 4.79 Å². The quantitative estimate of drug-likeness (QED) is 0.754. The number of benzene rings is 1. The summed E-state index contributed by atoms with van der Waals surface area (Å²) < 4.78 is 0. The summed E-state index contributed by atoms with van der Waals surface area (Å²) in [5, 5.41) is 3.24. The predicted octanol–water partition coefficient (Wildman–Crippen LogP) is 4.15. The molecule has 1 aliphatic rings. The maximum Gasteiger partial charge on any atom is 0.222 e. The second kappa shape index (κ2) is 9.38. The Morgan fingerprint density at radius 1 is 1.20 bits per heavy atom. The molecule has 3 heteroatoms. The normalized spacial score (nSPS) is 18.4. The number of carbonyl (C=O) groups excluding carboxylic acids is 1. The third-order valence-electron chi connectivity index (χ3n) is 5.29. The molecule has 1 amide bonds. The van der Waals surface area contributed by atoms with E-state index >= 15 is 0 Å². The van der Waals surface area contributed by atoms with Gasteiger partial charge in [0.2, 0.25) is 5.91 Å². The smallest absolute Gasteiger partial charge is 0.222 e. The van der Waals surface area contributed by atoms with Crippen LogP contribution in [0.2, 0.25) is 0 Å². The minimum atomic E-state index is 0.213. The minimum absolute atomic E-state index is 0.213. The second-order valence-electron chi connectivity index (χ2n) is 8.56. The molecule has 140 valence electrons. The molecule has 1 unspecified atom stereocenters. The Morgan fingerprint density at radius 3 is 2.56 bits per heavy atom. The number of nitrogens with zero attached hydrogens (tertiary/aromatic N) is 1. The Hall–Kier alpha value is -1.35. The van der Waals surface area contributed by atoms with Gasteiger partial charge in [-0.25, -0.2) is 0 Å². The van der Waals surface area contributed by atoms with Gasteiger partial charge in [0.25, 0.3) is 0 Å². The van der Waals surface area contributed by atoms with E-state index in [2.05, 4.69) is 55.3 Å². The Labute approximate surface area is 154 Å². The predicted molar refractivity (Wildman–Crippen MR) is 106 cm³/mol. The van der Waals surface area contributed by atoms with Gasteiger partial charge < -0.3 is 10.2 Å². The molecule has 0 saturated carbocycles. The number of hydrogen-bond acceptors (Lipinski definition) is 2. The first-order valence-corrected chi connectivity index (χ1v) is 9.92. The van der Waals surface area contributed by atoms with Gasteiger partial charge >= 0.3 is 0 Å². The summed E-state index contributed by atoms with van der Waals surface area (Å²) >= 11 is 0. The number of piperidine rings is 1. The third-order valence-corrected chi connectivity index (χ3v) is 5.29. The van der Waals surface area contributed by atoms with Crippen molar-refractivity contribution in [2.45, 2.75) is 64.7 Å². The van der Waals surface area contributed by atoms with E-state index in [0.717, 1.165) is 45.3 Å². The van der Waals surface area contributed by atoms with Crippen molar-refractivity contribution < 1.29 is 4.79 Å². The van der Waals surface area contributed by atoms with Gasteiger partial charge in [-0.2, -0.15) is 0 Å². The fourth-order valence-corrected chi connectivity index (χ4v) is 3.68. The zero-order valence-corrected chi connectivity index (χ0v) is 16.6. The van der Waals surface area contributed by atoms with E-state index in [4.69, 9.17) is 0 Å². The molecule has 1 fully saturated rings. The van der Waals surface area contributed by atoms with Crippen molar-refractivity contribution in [3.63, 3.8) is 0 Å². The summed E-state index contributed by atoms with van der Waals surface area (Å²) in [6.45, 7) is 9.65. The average molecular weight is 345 g/mol. The molecule has 1 heterocycles. The van der Waals surface area contributed by atoms with Crippen LogP contribution in [0.4, 0.5) is 0 Å². The zero-order chi connectivity index (χ0) is 18.3. The first-order chi connectivity index (χ1) is 11.9. The number of amides is 1. The van der Waals surface area contributed by atoms with Gasteiger partial charge in [-0.3, -0.25) is 4.79 Å². The first kappa shape index (κ1) is 20.0. The molecule has 25 heavy (non-hydrogen) atoms. The van der Waals surface area contributed by atoms with E-state index in [1.54, 1.807) is 0 Å². The van der Waals surface area contributed by atoms with Crippen molar-refractivity contribution in [3.05, 3.63) is 35.4 Å². The van der Waals surface area contributed by atoms with Crippen molar-refractivity contribution in [3.8, 4) is 0 Å². The number of aryl methyl sites for hydroxylation is 1. The highest BCUT2D eigenvalue weighted by atomic mass is 16.2. The van der Waals surface area contributed by atoms with Crippen LogP contribution in [-0.2, 0) is 16.6 Å². The number of nitrogens with one attached hydrogen (secondary N) is 1. The standard InChI is InChI=1S/C22H36N2O/c1-22(2,3)20-13-11-18(12-14-20)8-5-6-10-21(25)24-15-7-9-19(17-24)16-23-4/h11-14,19,23H,5-10,15-17H2,1-4H3. The Morgan fingerprint density at radius 2 is 1.92 bits per heavy atom. The monoisotopic (exact) mass is 344 g/mol. The lowest BCUT2D eigenvalue weighted by Crippen LogP contribution is -2.42. The lowest BCUT2D eigenvalue weighted by atomic mass is 9.86. The number of carbonyl (C=O) groups is 1. The van der Waals surface area contributed by atoms with Crippen molar-refractivity contribution in [2.24, 2.45) is 5.92 Å². The highest BCUT2D eigenvalue weighted by Crippen LogP contribution is 2.23. The first-order valence-electron chi connectivity index (χ1n) is 9.92. The lowest BCUT2D eigenvalue weighted by molar-refractivity contribution is -0.133. The third kappa shape index (κ3) is 6.47. The molecule has 0 aromatic heterocycles. The van der Waals surface area contributed by atoms with E-state index in [1.807, 2.05) is 7.05 Å². The molecule has 1 atom stereocenters. The van der Waals surface area contributed by atoms with Gasteiger partial charge in [0.05, 0.1) is 0 Å². The highest BCUT2D eigenvalue weighted by Gasteiger charge is 2.22. The summed E-state index contributed by atoms with van der Waals surface area (Å²) in [7, 11) is 1.99. The lowest BCUT2D eigenvalue weighted by Gasteiger charge is -2.32. The average Bonchev–Trinajstić information content (AvgIpc) is 2.59. The van der Waals surface area contributed by atoms with E-state index in [0.29, 0.717) is 18.2 Å². The Bertz CT molecular complexity index is 528. The van der Waals surface area contributed by atoms with Crippen LogP contribution in [-0.4, -0.2) is 37.5 Å². The SMILES string of the molecule is CNCC1CCCN(C(=O)CCCCc2ccc(C(C)(C)C)cc2)C1. The van der Waals surface area contributed by atoms with Crippen molar-refractivity contribution in [2.75, 3.05) is 26.7 Å². The molecule has 1 aromatic rings. The van der Waals surface area contributed by atoms with Crippen LogP contribution >= 0.6 is 0 Å². The highest BCUT2D eigenvalue weighted by molar-refractivity contribution is 5.76. The molecule has 0 aliphatic carbocycles. The molecular weight excluding hydrogens is 308 g/mol. The molecule has 1 aliphatic heterocycles. The van der Waals surface area contributed by atoms with Crippen molar-refractivity contribution in [1.82, 2.24) is 10.2 Å². The zero-order valence-electron chi connectivity index (χ0n) is 16.6. The van der Waals surface area contributed by atoms with Crippen LogP contribution in [0.1, 0.15) is 64.0 Å². The van der Waals surface area contributed by atoms with E-state index in [-0.39, 0.29) is 5.41 Å². The van der Waals surface area contributed by atoms with Crippen LogP contribution in [0.25, 0.3) is 0 Å². The van der Waals surface area contributed by atoms with Crippen LogP contribution in [0.5, 0.6) is 0 Å². The maximum atomic E-state index is 12.4. The second-order valence-corrected chi connectivity index (χ2v) is 8.56. The number of likely N-dealkylation sites (tertiary alicyclic amines) is 1. The maximum absolute atomic E-state index is 12.4. The number of unbranched alkanes of at least 4 members (excludes halogenated alkanes) is 1. The summed E-state index contributed by atoms with van der Waals surface area (Å²) in [4.78, 5) is 14.5. The fraction of sp³-hybridized carbons (Fsp3) is 0.682. The number of rotatable bonds is 7. The summed E-state index contributed by atoms with van der Waals surface area (Å²) in [5.74, 6) is 0.980. The van der Waals surface area contributed by atoms with Gasteiger partial charge in [-0.1, -0.05) is 45.0 Å². The summed E-state index contributed by atoms with van der Waals surface area (Å²) in [6.07, 6.45) is 6.25. The van der Waals surface area contributed by atoms with E-state index in [1.165, 1.54) is 17.5 Å². The minimum Gasteiger partial charge on any atom is -0.342 e. The van der Waals surface area contributed by atoms with Crippen LogP contribution in [0, 0.1) is 5.92 Å². The van der Waals surface area contributed by atoms with Crippen LogP contribution < -0.4 is 5.32 Å². The van der Waals surface area contributed by atoms with Gasteiger partial charge in [0.1, 0.15) is 0 Å². The van der Waals surface area contributed by atoms with E-state index < -0.39 is 0 Å². The molecule has 0 radical (unpaired) electrons. The molecule has 1 N–H and O–H groups in total. The van der Waals surface area contributed by atoms with Gasteiger partial charge in [-0.05, 0) is 68.2 Å². The summed E-state index contributed by atoms with van der Waals surface area (Å²) in [6, 6.07) is 8.98. The van der Waals surface area contributed by atoms with Gasteiger partial charge in [0, 0.05) is 19.5 Å². The number of hydrogen-bond donors (Lipinski definition) is 1. The molecule has 1 saturated heterocycles. The Kier molecular flexibility index (Phi) is 7.49. The molecule has 2 rings (SSSR count). The summed E-state index contributed by atoms with van der Waals surface area (Å²) in [5.41, 5.74) is 2.98. The topological polar surface area (TPSA) is 32.3 Å². The van der Waals surface area contributed by atoms with Gasteiger partial charge in [0.15, 0.2) is 0 Å². The molecular formula is C22H36N2O. The molecule has 3 nitrogen and oxygen atoms in total. The molecule has 0 spiro atoms. The van der Waals surface area contributed by atoms with Crippen LogP contribution in [0.15, 0.2) is 24.3 Å². The molecule has 1 aromatic carbocycles. The Balaban J connectivity index is 1.69.